The number of hydrazone groups is 1. The van der Waals surface area contributed by atoms with E-state index < -0.39 is 18.0 Å². The number of hydrogen-bond acceptors (Lipinski definition) is 5. The summed E-state index contributed by atoms with van der Waals surface area (Å²) in [7, 11) is 0. The number of phenols is 1. The number of carbonyl (C=O) groups excluding carboxylic acids is 2. The minimum atomic E-state index is -0.879. The zero-order valence-electron chi connectivity index (χ0n) is 17.5. The van der Waals surface area contributed by atoms with Crippen molar-refractivity contribution in [2.45, 2.75) is 26.3 Å². The highest BCUT2D eigenvalue weighted by molar-refractivity contribution is 5.89. The van der Waals surface area contributed by atoms with Gasteiger partial charge in [0, 0.05) is 23.5 Å². The largest absolute Gasteiger partial charge is 0.508 e. The predicted molar refractivity (Wildman–Crippen MR) is 119 cm³/mol. The van der Waals surface area contributed by atoms with E-state index in [4.69, 9.17) is 4.74 Å². The quantitative estimate of drug-likeness (QED) is 0.329. The molecule has 31 heavy (non-hydrogen) atoms. The smallest absolute Gasteiger partial charge is 0.407 e. The number of aromatic hydroxyl groups is 1. The molecule has 0 unspecified atom stereocenters. The minimum Gasteiger partial charge on any atom is -0.508 e. The molecule has 8 nitrogen and oxygen atoms in total. The van der Waals surface area contributed by atoms with Gasteiger partial charge in [0.15, 0.2) is 0 Å². The summed E-state index contributed by atoms with van der Waals surface area (Å²) in [5.74, 6) is -0.146. The van der Waals surface area contributed by atoms with Crippen LogP contribution in [-0.4, -0.2) is 41.0 Å². The summed E-state index contributed by atoms with van der Waals surface area (Å²) in [6.45, 7) is 4.12. The number of fused-ring (bicyclic) bond motifs is 1. The minimum absolute atomic E-state index is 0.143. The van der Waals surface area contributed by atoms with E-state index in [0.29, 0.717) is 5.56 Å². The summed E-state index contributed by atoms with van der Waals surface area (Å²) in [6.07, 6.45) is 2.89. The van der Waals surface area contributed by atoms with Crippen molar-refractivity contribution in [1.82, 2.24) is 15.7 Å². The lowest BCUT2D eigenvalue weighted by Crippen LogP contribution is -2.47. The van der Waals surface area contributed by atoms with E-state index in [1.54, 1.807) is 12.1 Å². The Kier molecular flexibility index (Phi) is 7.26. The molecule has 0 aliphatic heterocycles. The van der Waals surface area contributed by atoms with Gasteiger partial charge in [-0.15, -0.1) is 0 Å². The number of amides is 2. The number of alkyl carbamates (subject to hydrolysis) is 1. The average Bonchev–Trinajstić information content (AvgIpc) is 3.16. The van der Waals surface area contributed by atoms with Crippen LogP contribution < -0.4 is 10.7 Å². The van der Waals surface area contributed by atoms with Crippen LogP contribution in [0.5, 0.6) is 5.75 Å². The first-order valence-electron chi connectivity index (χ1n) is 10.0. The zero-order chi connectivity index (χ0) is 22.2. The lowest BCUT2D eigenvalue weighted by Gasteiger charge is -2.17. The zero-order valence-corrected chi connectivity index (χ0v) is 17.5. The molecule has 0 bridgehead atoms. The molecule has 8 heteroatoms. The molecule has 0 aliphatic carbocycles. The SMILES string of the molecule is CC(C)COC(=O)N[C@@H](Cc1c[nH]c2ccccc12)C(=O)N/N=C\c1ccc(O)cc1. The molecule has 2 amide bonds. The number of rotatable bonds is 8. The number of nitrogens with zero attached hydrogens (tertiary/aromatic N) is 1. The van der Waals surface area contributed by atoms with Crippen LogP contribution >= 0.6 is 0 Å². The molecule has 0 saturated carbocycles. The first kappa shape index (κ1) is 21.9. The van der Waals surface area contributed by atoms with E-state index in [2.05, 4.69) is 20.8 Å². The van der Waals surface area contributed by atoms with Gasteiger partial charge in [-0.3, -0.25) is 4.79 Å². The van der Waals surface area contributed by atoms with Crippen LogP contribution in [0.3, 0.4) is 0 Å². The molecule has 3 rings (SSSR count). The fourth-order valence-corrected chi connectivity index (χ4v) is 2.96. The van der Waals surface area contributed by atoms with Crippen LogP contribution in [0.15, 0.2) is 59.8 Å². The lowest BCUT2D eigenvalue weighted by molar-refractivity contribution is -0.123. The maximum Gasteiger partial charge on any atom is 0.407 e. The summed E-state index contributed by atoms with van der Waals surface area (Å²) in [5, 5.41) is 16.9. The van der Waals surface area contributed by atoms with Gasteiger partial charge >= 0.3 is 6.09 Å². The van der Waals surface area contributed by atoms with Gasteiger partial charge in [-0.05, 0) is 47.4 Å². The van der Waals surface area contributed by atoms with Crippen molar-refractivity contribution in [3.05, 3.63) is 65.9 Å². The van der Waals surface area contributed by atoms with Gasteiger partial charge < -0.3 is 20.1 Å². The highest BCUT2D eigenvalue weighted by Crippen LogP contribution is 2.19. The summed E-state index contributed by atoms with van der Waals surface area (Å²) in [5.41, 5.74) is 5.01. The lowest BCUT2D eigenvalue weighted by atomic mass is 10.0. The molecular formula is C23H26N4O4. The average molecular weight is 422 g/mol. The van der Waals surface area contributed by atoms with Crippen molar-refractivity contribution in [2.75, 3.05) is 6.61 Å². The van der Waals surface area contributed by atoms with E-state index in [-0.39, 0.29) is 24.7 Å². The molecule has 0 fully saturated rings. The number of benzene rings is 2. The van der Waals surface area contributed by atoms with Gasteiger partial charge in [-0.1, -0.05) is 32.0 Å². The Morgan fingerprint density at radius 2 is 1.90 bits per heavy atom. The van der Waals surface area contributed by atoms with Crippen molar-refractivity contribution in [3.63, 3.8) is 0 Å². The van der Waals surface area contributed by atoms with E-state index >= 15 is 0 Å². The fourth-order valence-electron chi connectivity index (χ4n) is 2.96. The van der Waals surface area contributed by atoms with E-state index in [1.807, 2.05) is 44.3 Å². The number of carbonyl (C=O) groups is 2. The Balaban J connectivity index is 1.71. The third-order valence-electron chi connectivity index (χ3n) is 4.54. The Hall–Kier alpha value is -3.81. The Morgan fingerprint density at radius 3 is 2.65 bits per heavy atom. The monoisotopic (exact) mass is 422 g/mol. The summed E-state index contributed by atoms with van der Waals surface area (Å²) in [6, 6.07) is 13.2. The van der Waals surface area contributed by atoms with Gasteiger partial charge in [-0.25, -0.2) is 10.2 Å². The second-order valence-corrected chi connectivity index (χ2v) is 7.58. The highest BCUT2D eigenvalue weighted by Gasteiger charge is 2.23. The van der Waals surface area contributed by atoms with Crippen molar-refractivity contribution in [3.8, 4) is 5.75 Å². The maximum absolute atomic E-state index is 12.8. The molecule has 0 saturated heterocycles. The number of aromatic amines is 1. The van der Waals surface area contributed by atoms with Crippen LogP contribution in [0.1, 0.15) is 25.0 Å². The van der Waals surface area contributed by atoms with Gasteiger partial charge in [-0.2, -0.15) is 5.10 Å². The third-order valence-corrected chi connectivity index (χ3v) is 4.54. The van der Waals surface area contributed by atoms with Crippen LogP contribution in [-0.2, 0) is 16.0 Å². The summed E-state index contributed by atoms with van der Waals surface area (Å²) >= 11 is 0. The Bertz CT molecular complexity index is 1060. The molecule has 0 spiro atoms. The fraction of sp³-hybridized carbons (Fsp3) is 0.261. The van der Waals surface area contributed by atoms with Crippen molar-refractivity contribution in [2.24, 2.45) is 11.0 Å². The molecule has 162 valence electrons. The van der Waals surface area contributed by atoms with Gasteiger partial charge in [0.1, 0.15) is 11.8 Å². The molecule has 2 aromatic carbocycles. The van der Waals surface area contributed by atoms with Crippen molar-refractivity contribution in [1.29, 1.82) is 0 Å². The standard InChI is InChI=1S/C23H26N4O4/c1-15(2)14-31-23(30)26-21(11-17-13-24-20-6-4-3-5-19(17)20)22(29)27-25-12-16-7-9-18(28)10-8-16/h3-10,12-13,15,21,24,28H,11,14H2,1-2H3,(H,26,30)(H,27,29)/b25-12-/t21-/m0/s1. The number of H-pyrrole nitrogens is 1. The molecule has 0 aliphatic rings. The highest BCUT2D eigenvalue weighted by atomic mass is 16.5. The second-order valence-electron chi connectivity index (χ2n) is 7.58. The topological polar surface area (TPSA) is 116 Å². The molecule has 3 aromatic rings. The van der Waals surface area contributed by atoms with E-state index in [1.165, 1.54) is 18.3 Å². The van der Waals surface area contributed by atoms with E-state index in [0.717, 1.165) is 16.5 Å². The molecular weight excluding hydrogens is 396 g/mol. The molecule has 1 heterocycles. The van der Waals surface area contributed by atoms with Crippen LogP contribution in [0.2, 0.25) is 0 Å². The third kappa shape index (κ3) is 6.33. The molecule has 1 atom stereocenters. The van der Waals surface area contributed by atoms with Gasteiger partial charge in [0.05, 0.1) is 12.8 Å². The Morgan fingerprint density at radius 1 is 1.16 bits per heavy atom. The van der Waals surface area contributed by atoms with Crippen LogP contribution in [0.25, 0.3) is 10.9 Å². The first-order valence-corrected chi connectivity index (χ1v) is 10.0. The van der Waals surface area contributed by atoms with Crippen LogP contribution in [0, 0.1) is 5.92 Å². The number of phenolic OH excluding ortho intramolecular Hbond substituents is 1. The number of aromatic nitrogens is 1. The van der Waals surface area contributed by atoms with Crippen molar-refractivity contribution < 1.29 is 19.4 Å². The normalized spacial score (nSPS) is 12.2. The number of hydrogen-bond donors (Lipinski definition) is 4. The summed E-state index contributed by atoms with van der Waals surface area (Å²) in [4.78, 5) is 28.1. The predicted octanol–water partition coefficient (Wildman–Crippen LogP) is 3.32. The van der Waals surface area contributed by atoms with Gasteiger partial charge in [0.25, 0.3) is 5.91 Å². The Labute approximate surface area is 180 Å². The van der Waals surface area contributed by atoms with Gasteiger partial charge in [0.2, 0.25) is 0 Å². The number of ether oxygens (including phenoxy) is 1. The molecule has 0 radical (unpaired) electrons. The number of para-hydroxylation sites is 1. The number of nitrogens with one attached hydrogen (secondary N) is 3. The van der Waals surface area contributed by atoms with Crippen LogP contribution in [0.4, 0.5) is 4.79 Å². The maximum atomic E-state index is 12.8. The first-order chi connectivity index (χ1) is 14.9. The van der Waals surface area contributed by atoms with Crippen molar-refractivity contribution >= 4 is 29.1 Å². The van der Waals surface area contributed by atoms with E-state index in [9.17, 15) is 14.7 Å². The molecule has 1 aromatic heterocycles. The second kappa shape index (κ2) is 10.3. The molecule has 4 N–H and O–H groups in total. The summed E-state index contributed by atoms with van der Waals surface area (Å²) < 4.78 is 5.18.